The van der Waals surface area contributed by atoms with Crippen molar-refractivity contribution >= 4 is 11.8 Å². The monoisotopic (exact) mass is 595 g/mol. The maximum atomic E-state index is 13.0. The van der Waals surface area contributed by atoms with Crippen molar-refractivity contribution in [2.45, 2.75) is 68.4 Å². The number of nitrogens with one attached hydrogen (secondary N) is 1. The zero-order valence-electron chi connectivity index (χ0n) is 23.4. The number of likely N-dealkylation sites (tertiary alicyclic amines) is 2. The van der Waals surface area contributed by atoms with Crippen LogP contribution in [0.5, 0.6) is 0 Å². The van der Waals surface area contributed by atoms with Gasteiger partial charge < -0.3 is 15.3 Å². The SMILES string of the molecule is O=C(NCC(=O)N1CCC2C1CCN2[C@H]1CC[C@@](O)(c2ccc(-c3ncccn3)cn2)CC1)c1cc(C(F)(F)F)ccn1. The molecule has 3 aromatic rings. The predicted molar refractivity (Wildman–Crippen MR) is 148 cm³/mol. The highest BCUT2D eigenvalue weighted by Crippen LogP contribution is 2.42. The first-order valence-corrected chi connectivity index (χ1v) is 14.5. The quantitative estimate of drug-likeness (QED) is 0.446. The molecule has 2 amide bonds. The van der Waals surface area contributed by atoms with E-state index in [1.54, 1.807) is 29.6 Å². The summed E-state index contributed by atoms with van der Waals surface area (Å²) >= 11 is 0. The number of carbonyl (C=O) groups is 2. The van der Waals surface area contributed by atoms with Gasteiger partial charge in [0, 0.05) is 61.6 Å². The van der Waals surface area contributed by atoms with Crippen LogP contribution in [0, 0.1) is 0 Å². The molecule has 3 fully saturated rings. The highest BCUT2D eigenvalue weighted by atomic mass is 19.4. The Hall–Kier alpha value is -3.97. The molecule has 10 nitrogen and oxygen atoms in total. The average Bonchev–Trinajstić information content (AvgIpc) is 3.63. The molecule has 0 aromatic carbocycles. The van der Waals surface area contributed by atoms with Gasteiger partial charge in [-0.2, -0.15) is 13.2 Å². The molecule has 0 bridgehead atoms. The first-order valence-electron chi connectivity index (χ1n) is 14.5. The standard InChI is InChI=1S/C30H32F3N7O3/c31-30(32,33)20-6-13-34-22(16-20)28(42)38-18-26(41)40-15-8-23-24(40)7-14-39(23)21-4-9-29(43,10-5-21)25-3-2-19(17-37-25)27-35-11-1-12-36-27/h1-3,6,11-13,16-17,21,23-24,43H,4-5,7-10,14-15,18H2,(H,38,42)/t21-,23?,24?,29-. The van der Waals surface area contributed by atoms with Crippen molar-refractivity contribution in [3.63, 3.8) is 0 Å². The van der Waals surface area contributed by atoms with Crippen LogP contribution in [0.1, 0.15) is 60.3 Å². The number of alkyl halides is 3. The third kappa shape index (κ3) is 5.96. The molecule has 0 radical (unpaired) electrons. The van der Waals surface area contributed by atoms with Gasteiger partial charge in [0.1, 0.15) is 11.3 Å². The van der Waals surface area contributed by atoms with Crippen LogP contribution < -0.4 is 5.32 Å². The zero-order valence-corrected chi connectivity index (χ0v) is 23.4. The van der Waals surface area contributed by atoms with E-state index in [0.717, 1.165) is 50.1 Å². The van der Waals surface area contributed by atoms with Gasteiger partial charge >= 0.3 is 6.18 Å². The Morgan fingerprint density at radius 2 is 1.70 bits per heavy atom. The average molecular weight is 596 g/mol. The summed E-state index contributed by atoms with van der Waals surface area (Å²) in [6.07, 6.45) is 5.77. The smallest absolute Gasteiger partial charge is 0.384 e. The molecule has 226 valence electrons. The van der Waals surface area contributed by atoms with E-state index >= 15 is 0 Å². The van der Waals surface area contributed by atoms with Gasteiger partial charge in [-0.1, -0.05) is 0 Å². The van der Waals surface area contributed by atoms with Crippen molar-refractivity contribution in [2.75, 3.05) is 19.6 Å². The fourth-order valence-electron chi connectivity index (χ4n) is 6.78. The summed E-state index contributed by atoms with van der Waals surface area (Å²) in [5, 5.41) is 13.9. The van der Waals surface area contributed by atoms with E-state index < -0.39 is 23.2 Å². The minimum Gasteiger partial charge on any atom is -0.384 e. The van der Waals surface area contributed by atoms with Gasteiger partial charge in [-0.15, -0.1) is 0 Å². The van der Waals surface area contributed by atoms with Gasteiger partial charge in [-0.25, -0.2) is 9.97 Å². The Morgan fingerprint density at radius 1 is 0.953 bits per heavy atom. The molecule has 3 aliphatic rings. The Morgan fingerprint density at radius 3 is 2.40 bits per heavy atom. The lowest BCUT2D eigenvalue weighted by atomic mass is 9.79. The van der Waals surface area contributed by atoms with Crippen molar-refractivity contribution in [3.8, 4) is 11.4 Å². The van der Waals surface area contributed by atoms with E-state index in [9.17, 15) is 27.9 Å². The summed E-state index contributed by atoms with van der Waals surface area (Å²) < 4.78 is 38.9. The van der Waals surface area contributed by atoms with Gasteiger partial charge in [0.15, 0.2) is 5.82 Å². The van der Waals surface area contributed by atoms with Crippen molar-refractivity contribution < 1.29 is 27.9 Å². The molecule has 1 saturated carbocycles. The molecule has 2 saturated heterocycles. The number of hydrogen-bond acceptors (Lipinski definition) is 8. The maximum Gasteiger partial charge on any atom is 0.416 e. The number of amides is 2. The lowest BCUT2D eigenvalue weighted by molar-refractivity contribution is -0.137. The normalized spacial score (nSPS) is 25.9. The molecular formula is C30H32F3N7O3. The summed E-state index contributed by atoms with van der Waals surface area (Å²) in [5.74, 6) is -0.501. The van der Waals surface area contributed by atoms with Crippen molar-refractivity contribution in [1.29, 1.82) is 0 Å². The van der Waals surface area contributed by atoms with Gasteiger partial charge in [0.25, 0.3) is 5.91 Å². The first-order chi connectivity index (χ1) is 20.6. The molecule has 0 spiro atoms. The number of nitrogens with zero attached hydrogens (tertiary/aromatic N) is 6. The molecule has 43 heavy (non-hydrogen) atoms. The highest BCUT2D eigenvalue weighted by Gasteiger charge is 2.48. The minimum atomic E-state index is -4.59. The van der Waals surface area contributed by atoms with Crippen LogP contribution in [0.15, 0.2) is 55.1 Å². The zero-order chi connectivity index (χ0) is 30.2. The number of hydrogen-bond donors (Lipinski definition) is 2. The third-order valence-corrected chi connectivity index (χ3v) is 8.98. The van der Waals surface area contributed by atoms with Crippen molar-refractivity contribution in [3.05, 3.63) is 72.1 Å². The lowest BCUT2D eigenvalue weighted by Gasteiger charge is -2.41. The van der Waals surface area contributed by atoms with Gasteiger partial charge in [-0.3, -0.25) is 24.5 Å². The minimum absolute atomic E-state index is 0.0197. The van der Waals surface area contributed by atoms with Gasteiger partial charge in [-0.05, 0) is 68.9 Å². The largest absolute Gasteiger partial charge is 0.416 e. The summed E-state index contributed by atoms with van der Waals surface area (Å²) in [4.78, 5) is 46.5. The van der Waals surface area contributed by atoms with Crippen LogP contribution in [0.2, 0.25) is 0 Å². The third-order valence-electron chi connectivity index (χ3n) is 8.98. The molecule has 2 atom stereocenters. The molecule has 2 N–H and O–H groups in total. The second kappa shape index (κ2) is 11.6. The van der Waals surface area contributed by atoms with E-state index in [1.807, 2.05) is 12.1 Å². The van der Waals surface area contributed by atoms with Crippen LogP contribution >= 0.6 is 0 Å². The van der Waals surface area contributed by atoms with Crippen LogP contribution in [0.4, 0.5) is 13.2 Å². The van der Waals surface area contributed by atoms with E-state index in [-0.39, 0.29) is 36.3 Å². The second-order valence-electron chi connectivity index (χ2n) is 11.4. The Bertz CT molecular complexity index is 1460. The summed E-state index contributed by atoms with van der Waals surface area (Å²) in [5.41, 5.74) is -0.929. The fraction of sp³-hybridized carbons (Fsp3) is 0.467. The van der Waals surface area contributed by atoms with Crippen molar-refractivity contribution in [2.24, 2.45) is 0 Å². The molecular weight excluding hydrogens is 563 g/mol. The van der Waals surface area contributed by atoms with E-state index in [4.69, 9.17) is 0 Å². The molecule has 5 heterocycles. The maximum absolute atomic E-state index is 13.0. The number of fused-ring (bicyclic) bond motifs is 1. The second-order valence-corrected chi connectivity index (χ2v) is 11.4. The predicted octanol–water partition coefficient (Wildman–Crippen LogP) is 3.19. The van der Waals surface area contributed by atoms with Crippen LogP contribution in [0.3, 0.4) is 0 Å². The lowest BCUT2D eigenvalue weighted by Crippen LogP contribution is -2.47. The van der Waals surface area contributed by atoms with E-state index in [1.165, 1.54) is 0 Å². The van der Waals surface area contributed by atoms with Gasteiger partial charge in [0.2, 0.25) is 5.91 Å². The summed E-state index contributed by atoms with van der Waals surface area (Å²) in [6, 6.07) is 7.46. The topological polar surface area (TPSA) is 124 Å². The number of pyridine rings is 2. The van der Waals surface area contributed by atoms with E-state index in [2.05, 4.69) is 30.2 Å². The molecule has 2 unspecified atom stereocenters. The Labute approximate surface area is 246 Å². The van der Waals surface area contributed by atoms with Gasteiger partial charge in [0.05, 0.1) is 17.8 Å². The number of carbonyl (C=O) groups excluding carboxylic acids is 2. The van der Waals surface area contributed by atoms with Crippen LogP contribution in [-0.4, -0.2) is 84.4 Å². The number of rotatable bonds is 6. The number of halogens is 3. The molecule has 2 aliphatic heterocycles. The molecule has 13 heteroatoms. The number of aromatic nitrogens is 4. The number of aliphatic hydroxyl groups is 1. The first kappa shape index (κ1) is 29.1. The summed E-state index contributed by atoms with van der Waals surface area (Å²) in [6.45, 7) is 1.09. The van der Waals surface area contributed by atoms with E-state index in [0.29, 0.717) is 37.0 Å². The van der Waals surface area contributed by atoms with Crippen LogP contribution in [-0.2, 0) is 16.6 Å². The van der Waals surface area contributed by atoms with Crippen LogP contribution in [0.25, 0.3) is 11.4 Å². The molecule has 1 aliphatic carbocycles. The van der Waals surface area contributed by atoms with Crippen molar-refractivity contribution in [1.82, 2.24) is 35.1 Å². The fourth-order valence-corrected chi connectivity index (χ4v) is 6.78. The summed E-state index contributed by atoms with van der Waals surface area (Å²) in [7, 11) is 0. The molecule has 3 aromatic heterocycles. The Kier molecular flexibility index (Phi) is 7.86. The molecule has 6 rings (SSSR count). The Balaban J connectivity index is 1.01. The highest BCUT2D eigenvalue weighted by molar-refractivity contribution is 5.95.